The lowest BCUT2D eigenvalue weighted by atomic mass is 9.87. The van der Waals surface area contributed by atoms with Crippen LogP contribution in [0.1, 0.15) is 34.1 Å². The number of carbonyl (C=O) groups is 2. The fourth-order valence-electron chi connectivity index (χ4n) is 2.39. The molecule has 3 nitrogen and oxygen atoms in total. The molecule has 1 amide bonds. The van der Waals surface area contributed by atoms with E-state index in [9.17, 15) is 9.59 Å². The van der Waals surface area contributed by atoms with Gasteiger partial charge in [0, 0.05) is 13.5 Å². The molecular formula is C11H19NO2. The first-order chi connectivity index (χ1) is 6.45. The Kier molecular flexibility index (Phi) is 3.29. The van der Waals surface area contributed by atoms with Crippen LogP contribution in [0, 0.1) is 11.8 Å². The van der Waals surface area contributed by atoms with Gasteiger partial charge in [0.05, 0.1) is 6.04 Å². The van der Waals surface area contributed by atoms with Crippen molar-refractivity contribution < 1.29 is 9.59 Å². The molecule has 2 unspecified atom stereocenters. The van der Waals surface area contributed by atoms with Gasteiger partial charge in [0.15, 0.2) is 5.78 Å². The SMILES string of the molecule is CC(=O)C1C(C(C)C)CCN1C(C)=O. The highest BCUT2D eigenvalue weighted by Gasteiger charge is 2.39. The summed E-state index contributed by atoms with van der Waals surface area (Å²) in [6.07, 6.45) is 0.960. The lowest BCUT2D eigenvalue weighted by Crippen LogP contribution is -2.42. The fourth-order valence-corrected chi connectivity index (χ4v) is 2.39. The van der Waals surface area contributed by atoms with Crippen LogP contribution in [0.25, 0.3) is 0 Å². The number of hydrogen-bond donors (Lipinski definition) is 0. The molecule has 14 heavy (non-hydrogen) atoms. The number of Topliss-reactive ketones (excluding diaryl/α,β-unsaturated/α-hetero) is 1. The topological polar surface area (TPSA) is 37.4 Å². The summed E-state index contributed by atoms with van der Waals surface area (Å²) in [4.78, 5) is 24.5. The van der Waals surface area contributed by atoms with E-state index in [0.717, 1.165) is 13.0 Å². The number of ketones is 1. The summed E-state index contributed by atoms with van der Waals surface area (Å²) in [6.45, 7) is 8.09. The van der Waals surface area contributed by atoms with Crippen molar-refractivity contribution in [2.45, 2.75) is 40.2 Å². The van der Waals surface area contributed by atoms with E-state index in [-0.39, 0.29) is 17.7 Å². The molecule has 1 rings (SSSR count). The number of likely N-dealkylation sites (tertiary alicyclic amines) is 1. The van der Waals surface area contributed by atoms with E-state index in [2.05, 4.69) is 13.8 Å². The summed E-state index contributed by atoms with van der Waals surface area (Å²) in [7, 11) is 0. The summed E-state index contributed by atoms with van der Waals surface area (Å²) in [6, 6.07) is -0.174. The molecule has 0 aromatic heterocycles. The summed E-state index contributed by atoms with van der Waals surface area (Å²) >= 11 is 0. The Balaban J connectivity index is 2.85. The van der Waals surface area contributed by atoms with Gasteiger partial charge in [-0.1, -0.05) is 13.8 Å². The first-order valence-corrected chi connectivity index (χ1v) is 5.22. The third-order valence-corrected chi connectivity index (χ3v) is 3.12. The average molecular weight is 197 g/mol. The maximum absolute atomic E-state index is 11.5. The van der Waals surface area contributed by atoms with Gasteiger partial charge in [0.1, 0.15) is 0 Å². The largest absolute Gasteiger partial charge is 0.333 e. The van der Waals surface area contributed by atoms with Crippen LogP contribution in [0.2, 0.25) is 0 Å². The number of carbonyl (C=O) groups excluding carboxylic acids is 2. The van der Waals surface area contributed by atoms with E-state index < -0.39 is 0 Å². The number of nitrogens with zero attached hydrogens (tertiary/aromatic N) is 1. The van der Waals surface area contributed by atoms with Crippen LogP contribution in [0.5, 0.6) is 0 Å². The molecule has 80 valence electrons. The summed E-state index contributed by atoms with van der Waals surface area (Å²) in [5.41, 5.74) is 0. The van der Waals surface area contributed by atoms with Crippen molar-refractivity contribution in [3.8, 4) is 0 Å². The molecule has 0 aliphatic carbocycles. The second-order valence-corrected chi connectivity index (χ2v) is 4.46. The van der Waals surface area contributed by atoms with Gasteiger partial charge < -0.3 is 4.90 Å². The molecule has 1 aliphatic heterocycles. The van der Waals surface area contributed by atoms with Crippen LogP contribution >= 0.6 is 0 Å². The molecule has 0 aromatic rings. The summed E-state index contributed by atoms with van der Waals surface area (Å²) in [5.74, 6) is 0.953. The minimum atomic E-state index is -0.174. The lowest BCUT2D eigenvalue weighted by Gasteiger charge is -2.26. The van der Waals surface area contributed by atoms with E-state index >= 15 is 0 Å². The molecule has 1 fully saturated rings. The highest BCUT2D eigenvalue weighted by atomic mass is 16.2. The molecule has 1 heterocycles. The second-order valence-electron chi connectivity index (χ2n) is 4.46. The van der Waals surface area contributed by atoms with Crippen LogP contribution in [0.15, 0.2) is 0 Å². The number of hydrogen-bond acceptors (Lipinski definition) is 2. The molecule has 0 saturated carbocycles. The average Bonchev–Trinajstić information content (AvgIpc) is 2.46. The minimum absolute atomic E-state index is 0.0216. The Morgan fingerprint density at radius 2 is 1.86 bits per heavy atom. The molecule has 0 spiro atoms. The van der Waals surface area contributed by atoms with Crippen molar-refractivity contribution in [3.05, 3.63) is 0 Å². The first kappa shape index (κ1) is 11.2. The van der Waals surface area contributed by atoms with E-state index in [1.807, 2.05) is 0 Å². The smallest absolute Gasteiger partial charge is 0.220 e. The molecule has 0 aromatic carbocycles. The van der Waals surface area contributed by atoms with Crippen molar-refractivity contribution in [3.63, 3.8) is 0 Å². The highest BCUT2D eigenvalue weighted by molar-refractivity contribution is 5.87. The number of rotatable bonds is 2. The van der Waals surface area contributed by atoms with Crippen molar-refractivity contribution in [2.24, 2.45) is 11.8 Å². The fraction of sp³-hybridized carbons (Fsp3) is 0.818. The van der Waals surface area contributed by atoms with Gasteiger partial charge in [-0.15, -0.1) is 0 Å². The van der Waals surface area contributed by atoms with Crippen molar-refractivity contribution >= 4 is 11.7 Å². The van der Waals surface area contributed by atoms with Gasteiger partial charge in [0.2, 0.25) is 5.91 Å². The second kappa shape index (κ2) is 4.11. The van der Waals surface area contributed by atoms with Crippen LogP contribution in [-0.4, -0.2) is 29.2 Å². The molecule has 1 aliphatic rings. The highest BCUT2D eigenvalue weighted by Crippen LogP contribution is 2.30. The summed E-state index contributed by atoms with van der Waals surface area (Å²) < 4.78 is 0. The predicted octanol–water partition coefficient (Wildman–Crippen LogP) is 1.47. The van der Waals surface area contributed by atoms with E-state index in [4.69, 9.17) is 0 Å². The quantitative estimate of drug-likeness (QED) is 0.672. The first-order valence-electron chi connectivity index (χ1n) is 5.22. The third kappa shape index (κ3) is 1.97. The zero-order valence-electron chi connectivity index (χ0n) is 9.41. The Morgan fingerprint density at radius 1 is 1.29 bits per heavy atom. The standard InChI is InChI=1S/C11H19NO2/c1-7(2)10-5-6-12(9(4)14)11(10)8(3)13/h7,10-11H,5-6H2,1-4H3. The van der Waals surface area contributed by atoms with Gasteiger partial charge in [-0.05, 0) is 25.2 Å². The molecule has 1 saturated heterocycles. The maximum atomic E-state index is 11.5. The molecule has 3 heteroatoms. The molecule has 2 atom stereocenters. The van der Waals surface area contributed by atoms with Crippen LogP contribution in [0.3, 0.4) is 0 Å². The zero-order valence-corrected chi connectivity index (χ0v) is 9.41. The van der Waals surface area contributed by atoms with Crippen molar-refractivity contribution in [1.29, 1.82) is 0 Å². The van der Waals surface area contributed by atoms with E-state index in [1.54, 1.807) is 18.7 Å². The minimum Gasteiger partial charge on any atom is -0.333 e. The van der Waals surface area contributed by atoms with Gasteiger partial charge in [0.25, 0.3) is 0 Å². The van der Waals surface area contributed by atoms with Gasteiger partial charge >= 0.3 is 0 Å². The lowest BCUT2D eigenvalue weighted by molar-refractivity contribution is -0.136. The van der Waals surface area contributed by atoms with Crippen molar-refractivity contribution in [1.82, 2.24) is 4.90 Å². The normalized spacial score (nSPS) is 27.1. The van der Waals surface area contributed by atoms with E-state index in [1.165, 1.54) is 0 Å². The van der Waals surface area contributed by atoms with E-state index in [0.29, 0.717) is 11.8 Å². The molecular weight excluding hydrogens is 178 g/mol. The predicted molar refractivity (Wildman–Crippen MR) is 54.8 cm³/mol. The Bertz CT molecular complexity index is 248. The Labute approximate surface area is 85.5 Å². The monoisotopic (exact) mass is 197 g/mol. The molecule has 0 radical (unpaired) electrons. The van der Waals surface area contributed by atoms with Gasteiger partial charge in [-0.3, -0.25) is 9.59 Å². The van der Waals surface area contributed by atoms with Crippen LogP contribution in [0.4, 0.5) is 0 Å². The number of amides is 1. The van der Waals surface area contributed by atoms with Crippen LogP contribution < -0.4 is 0 Å². The Morgan fingerprint density at radius 3 is 2.21 bits per heavy atom. The zero-order chi connectivity index (χ0) is 10.9. The van der Waals surface area contributed by atoms with Gasteiger partial charge in [-0.2, -0.15) is 0 Å². The van der Waals surface area contributed by atoms with Gasteiger partial charge in [-0.25, -0.2) is 0 Å². The van der Waals surface area contributed by atoms with Crippen LogP contribution in [-0.2, 0) is 9.59 Å². The maximum Gasteiger partial charge on any atom is 0.220 e. The molecule has 0 bridgehead atoms. The summed E-state index contributed by atoms with van der Waals surface area (Å²) in [5, 5.41) is 0. The third-order valence-electron chi connectivity index (χ3n) is 3.12. The van der Waals surface area contributed by atoms with Crippen molar-refractivity contribution in [2.75, 3.05) is 6.54 Å². The molecule has 0 N–H and O–H groups in total. The Hall–Kier alpha value is -0.860.